The first-order chi connectivity index (χ1) is 9.64. The minimum Gasteiger partial charge on any atom is -0.398 e. The van der Waals surface area contributed by atoms with Gasteiger partial charge in [0.25, 0.3) is 5.56 Å². The van der Waals surface area contributed by atoms with Gasteiger partial charge < -0.3 is 9.31 Å². The molecule has 112 valence electrons. The molecule has 0 aromatic carbocycles. The summed E-state index contributed by atoms with van der Waals surface area (Å²) in [6.07, 6.45) is 0. The normalized spacial score (nSPS) is 20.4. The summed E-state index contributed by atoms with van der Waals surface area (Å²) in [5.74, 6) is 0.697. The quantitative estimate of drug-likeness (QED) is 0.793. The number of nitrogens with zero attached hydrogens (tertiary/aromatic N) is 2. The van der Waals surface area contributed by atoms with Crippen LogP contribution in [0.4, 0.5) is 0 Å². The van der Waals surface area contributed by atoms with Crippen molar-refractivity contribution in [2.45, 2.75) is 52.7 Å². The molecule has 0 aliphatic carbocycles. The number of rotatable bonds is 1. The first kappa shape index (κ1) is 14.3. The van der Waals surface area contributed by atoms with Gasteiger partial charge >= 0.3 is 7.12 Å². The molecule has 21 heavy (non-hydrogen) atoms. The SMILES string of the molecule is Cc1cc(B2OC(C)(C)C(C)(C)O2)n2c(C)n[nH]c(=O)c12. The molecule has 0 radical (unpaired) electrons. The first-order valence-corrected chi connectivity index (χ1v) is 7.07. The Bertz CT molecular complexity index is 760. The van der Waals surface area contributed by atoms with Crippen molar-refractivity contribution < 1.29 is 9.31 Å². The standard InChI is InChI=1S/C14H20BN3O3/c1-8-7-10(15-20-13(3,4)14(5,6)21-15)18-9(2)16-17-12(19)11(8)18/h7H,1-6H3,(H,17,19). The van der Waals surface area contributed by atoms with Crippen LogP contribution in [0, 0.1) is 13.8 Å². The lowest BCUT2D eigenvalue weighted by Gasteiger charge is -2.32. The number of hydrogen-bond donors (Lipinski definition) is 1. The molecule has 0 amide bonds. The maximum absolute atomic E-state index is 12.0. The van der Waals surface area contributed by atoms with Crippen LogP contribution in [-0.2, 0) is 9.31 Å². The molecule has 1 N–H and O–H groups in total. The zero-order valence-electron chi connectivity index (χ0n) is 13.3. The predicted molar refractivity (Wildman–Crippen MR) is 81.0 cm³/mol. The van der Waals surface area contributed by atoms with Gasteiger partial charge in [-0.2, -0.15) is 5.10 Å². The van der Waals surface area contributed by atoms with Crippen LogP contribution in [0.1, 0.15) is 39.1 Å². The Morgan fingerprint density at radius 2 is 1.76 bits per heavy atom. The Labute approximate surface area is 123 Å². The van der Waals surface area contributed by atoms with E-state index in [1.165, 1.54) is 0 Å². The van der Waals surface area contributed by atoms with Crippen molar-refractivity contribution in [3.05, 3.63) is 27.8 Å². The number of hydrogen-bond acceptors (Lipinski definition) is 4. The Morgan fingerprint density at radius 1 is 1.19 bits per heavy atom. The summed E-state index contributed by atoms with van der Waals surface area (Å²) in [6.45, 7) is 11.8. The van der Waals surface area contributed by atoms with Crippen molar-refractivity contribution in [3.8, 4) is 0 Å². The van der Waals surface area contributed by atoms with Gasteiger partial charge in [0.2, 0.25) is 0 Å². The highest BCUT2D eigenvalue weighted by atomic mass is 16.7. The van der Waals surface area contributed by atoms with Gasteiger partial charge in [-0.05, 0) is 53.2 Å². The minimum absolute atomic E-state index is 0.208. The fourth-order valence-corrected chi connectivity index (χ4v) is 2.66. The highest BCUT2D eigenvalue weighted by Gasteiger charge is 2.52. The molecular formula is C14H20BN3O3. The van der Waals surface area contributed by atoms with Gasteiger partial charge in [0, 0.05) is 0 Å². The van der Waals surface area contributed by atoms with Gasteiger partial charge in [-0.15, -0.1) is 0 Å². The second kappa shape index (κ2) is 4.21. The van der Waals surface area contributed by atoms with Gasteiger partial charge in [-0.25, -0.2) is 5.10 Å². The lowest BCUT2D eigenvalue weighted by atomic mass is 9.84. The second-order valence-electron chi connectivity index (χ2n) is 6.62. The maximum Gasteiger partial charge on any atom is 0.512 e. The maximum atomic E-state index is 12.0. The molecular weight excluding hydrogens is 269 g/mol. The van der Waals surface area contributed by atoms with Gasteiger partial charge in [0.05, 0.1) is 16.8 Å². The van der Waals surface area contributed by atoms with Gasteiger partial charge in [0.1, 0.15) is 11.3 Å². The third-order valence-electron chi connectivity index (χ3n) is 4.57. The molecule has 7 heteroatoms. The summed E-state index contributed by atoms with van der Waals surface area (Å²) in [6, 6.07) is 1.93. The van der Waals surface area contributed by atoms with Crippen LogP contribution in [0.15, 0.2) is 10.9 Å². The van der Waals surface area contributed by atoms with Crippen molar-refractivity contribution in [3.63, 3.8) is 0 Å². The molecule has 0 spiro atoms. The average molecular weight is 289 g/mol. The molecule has 1 aliphatic heterocycles. The van der Waals surface area contributed by atoms with Gasteiger partial charge in [0.15, 0.2) is 0 Å². The Morgan fingerprint density at radius 3 is 2.33 bits per heavy atom. The lowest BCUT2D eigenvalue weighted by Crippen LogP contribution is -2.41. The summed E-state index contributed by atoms with van der Waals surface area (Å²) in [7, 11) is -0.515. The highest BCUT2D eigenvalue weighted by Crippen LogP contribution is 2.36. The summed E-state index contributed by atoms with van der Waals surface area (Å²) in [5, 5.41) is 6.55. The summed E-state index contributed by atoms with van der Waals surface area (Å²) in [5.41, 5.74) is 1.23. The number of aromatic nitrogens is 3. The monoisotopic (exact) mass is 289 g/mol. The molecule has 3 heterocycles. The minimum atomic E-state index is -0.515. The number of aryl methyl sites for hydroxylation is 2. The van der Waals surface area contributed by atoms with E-state index in [1.54, 1.807) is 0 Å². The van der Waals surface area contributed by atoms with Crippen LogP contribution in [-0.4, -0.2) is 32.9 Å². The zero-order valence-corrected chi connectivity index (χ0v) is 13.3. The van der Waals surface area contributed by atoms with E-state index in [9.17, 15) is 4.79 Å². The summed E-state index contributed by atoms with van der Waals surface area (Å²) < 4.78 is 14.0. The van der Waals surface area contributed by atoms with E-state index in [4.69, 9.17) is 9.31 Å². The smallest absolute Gasteiger partial charge is 0.398 e. The predicted octanol–water partition coefficient (Wildman–Crippen LogP) is 0.939. The number of fused-ring (bicyclic) bond motifs is 1. The highest BCUT2D eigenvalue weighted by molar-refractivity contribution is 6.61. The lowest BCUT2D eigenvalue weighted by molar-refractivity contribution is 0.00578. The van der Waals surface area contributed by atoms with Crippen molar-refractivity contribution >= 4 is 18.2 Å². The van der Waals surface area contributed by atoms with E-state index in [0.29, 0.717) is 11.3 Å². The van der Waals surface area contributed by atoms with Crippen LogP contribution in [0.2, 0.25) is 0 Å². The van der Waals surface area contributed by atoms with Crippen LogP contribution in [0.5, 0.6) is 0 Å². The molecule has 0 atom stereocenters. The molecule has 3 rings (SSSR count). The van der Waals surface area contributed by atoms with E-state index in [0.717, 1.165) is 11.2 Å². The molecule has 0 bridgehead atoms. The molecule has 1 fully saturated rings. The molecule has 2 aromatic heterocycles. The van der Waals surface area contributed by atoms with Crippen molar-refractivity contribution in [2.75, 3.05) is 0 Å². The molecule has 2 aromatic rings. The van der Waals surface area contributed by atoms with E-state index in [1.807, 2.05) is 52.0 Å². The number of aromatic amines is 1. The average Bonchev–Trinajstić information content (AvgIpc) is 2.81. The second-order valence-corrected chi connectivity index (χ2v) is 6.62. The van der Waals surface area contributed by atoms with Crippen molar-refractivity contribution in [1.82, 2.24) is 14.6 Å². The van der Waals surface area contributed by atoms with Gasteiger partial charge in [-0.1, -0.05) is 0 Å². The molecule has 1 saturated heterocycles. The van der Waals surface area contributed by atoms with E-state index >= 15 is 0 Å². The fourth-order valence-electron chi connectivity index (χ4n) is 2.66. The van der Waals surface area contributed by atoms with Gasteiger partial charge in [-0.3, -0.25) is 9.20 Å². The molecule has 0 saturated carbocycles. The molecule has 1 aliphatic rings. The topological polar surface area (TPSA) is 68.6 Å². The third-order valence-corrected chi connectivity index (χ3v) is 4.57. The molecule has 6 nitrogen and oxygen atoms in total. The van der Waals surface area contributed by atoms with Crippen LogP contribution in [0.25, 0.3) is 5.52 Å². The van der Waals surface area contributed by atoms with Crippen molar-refractivity contribution in [1.29, 1.82) is 0 Å². The van der Waals surface area contributed by atoms with Crippen LogP contribution >= 0.6 is 0 Å². The van der Waals surface area contributed by atoms with Crippen LogP contribution in [0.3, 0.4) is 0 Å². The zero-order chi connectivity index (χ0) is 15.6. The van der Waals surface area contributed by atoms with E-state index in [-0.39, 0.29) is 5.56 Å². The first-order valence-electron chi connectivity index (χ1n) is 7.07. The number of nitrogens with one attached hydrogen (secondary N) is 1. The summed E-state index contributed by atoms with van der Waals surface area (Å²) >= 11 is 0. The van der Waals surface area contributed by atoms with Crippen LogP contribution < -0.4 is 11.2 Å². The Hall–Kier alpha value is -1.60. The van der Waals surface area contributed by atoms with E-state index < -0.39 is 18.3 Å². The Kier molecular flexibility index (Phi) is 2.87. The summed E-state index contributed by atoms with van der Waals surface area (Å²) in [4.78, 5) is 12.0. The largest absolute Gasteiger partial charge is 0.512 e. The fraction of sp³-hybridized carbons (Fsp3) is 0.571. The third kappa shape index (κ3) is 1.95. The Balaban J connectivity index is 2.20. The van der Waals surface area contributed by atoms with Crippen molar-refractivity contribution in [2.24, 2.45) is 0 Å². The molecule has 0 unspecified atom stereocenters. The van der Waals surface area contributed by atoms with E-state index in [2.05, 4.69) is 10.2 Å². The number of H-pyrrole nitrogens is 1.